The Morgan fingerprint density at radius 2 is 2.15 bits per heavy atom. The van der Waals surface area contributed by atoms with Crippen molar-refractivity contribution in [3.63, 3.8) is 0 Å². The lowest BCUT2D eigenvalue weighted by Crippen LogP contribution is -2.15. The molecule has 1 aliphatic carbocycles. The van der Waals surface area contributed by atoms with E-state index in [0.29, 0.717) is 5.25 Å². The van der Waals surface area contributed by atoms with Gasteiger partial charge in [-0.3, -0.25) is 0 Å². The minimum atomic E-state index is 0.0719. The highest BCUT2D eigenvalue weighted by Crippen LogP contribution is 2.37. The fraction of sp³-hybridized carbons (Fsp3) is 0.471. The van der Waals surface area contributed by atoms with Gasteiger partial charge in [-0.2, -0.15) is 0 Å². The van der Waals surface area contributed by atoms with Crippen molar-refractivity contribution in [2.45, 2.75) is 49.5 Å². The molecule has 3 heteroatoms. The van der Waals surface area contributed by atoms with Crippen molar-refractivity contribution in [2.24, 2.45) is 5.92 Å². The zero-order chi connectivity index (χ0) is 13.9. The fourth-order valence-electron chi connectivity index (χ4n) is 3.00. The average molecular weight is 287 g/mol. The molecule has 1 aliphatic rings. The van der Waals surface area contributed by atoms with Crippen LogP contribution in [0.1, 0.15) is 38.2 Å². The van der Waals surface area contributed by atoms with E-state index in [2.05, 4.69) is 19.1 Å². The van der Waals surface area contributed by atoms with E-state index in [1.807, 2.05) is 30.0 Å². The lowest BCUT2D eigenvalue weighted by atomic mass is 9.91. The van der Waals surface area contributed by atoms with Crippen molar-refractivity contribution in [2.75, 3.05) is 0 Å². The molecule has 0 bridgehead atoms. The second-order valence-corrected chi connectivity index (χ2v) is 7.10. The molecule has 2 unspecified atom stereocenters. The lowest BCUT2D eigenvalue weighted by Gasteiger charge is -2.26. The molecule has 1 fully saturated rings. The number of pyridine rings is 1. The fourth-order valence-corrected chi connectivity index (χ4v) is 4.45. The normalized spacial score (nSPS) is 23.1. The van der Waals surface area contributed by atoms with Crippen LogP contribution in [0, 0.1) is 5.92 Å². The Bertz CT molecular complexity index is 599. The molecule has 3 rings (SSSR count). The van der Waals surface area contributed by atoms with Crippen LogP contribution >= 0.6 is 11.8 Å². The Kier molecular flexibility index (Phi) is 4.27. The standard InChI is InChI=1S/C17H21NOS/c1-12-5-4-7-15(9-12)20-17-14(11-19)10-13-6-2-3-8-16(13)18-17/h2-3,6,8,10,12,15,19H,4-5,7,9,11H2,1H3. The molecule has 1 aromatic carbocycles. The molecule has 0 aliphatic heterocycles. The quantitative estimate of drug-likeness (QED) is 0.908. The number of aliphatic hydroxyl groups is 1. The molecule has 106 valence electrons. The second-order valence-electron chi connectivity index (χ2n) is 5.82. The van der Waals surface area contributed by atoms with Crippen LogP contribution in [0.2, 0.25) is 0 Å². The van der Waals surface area contributed by atoms with Gasteiger partial charge in [-0.05, 0) is 30.9 Å². The van der Waals surface area contributed by atoms with Gasteiger partial charge in [0.15, 0.2) is 0 Å². The Morgan fingerprint density at radius 1 is 1.30 bits per heavy atom. The first kappa shape index (κ1) is 13.9. The van der Waals surface area contributed by atoms with E-state index in [4.69, 9.17) is 4.98 Å². The van der Waals surface area contributed by atoms with E-state index in [0.717, 1.165) is 27.4 Å². The van der Waals surface area contributed by atoms with E-state index in [1.165, 1.54) is 25.7 Å². The number of aliphatic hydroxyl groups excluding tert-OH is 1. The van der Waals surface area contributed by atoms with Crippen molar-refractivity contribution in [3.8, 4) is 0 Å². The predicted molar refractivity (Wildman–Crippen MR) is 84.9 cm³/mol. The molecule has 2 nitrogen and oxygen atoms in total. The summed E-state index contributed by atoms with van der Waals surface area (Å²) < 4.78 is 0. The van der Waals surface area contributed by atoms with Crippen molar-refractivity contribution >= 4 is 22.7 Å². The Balaban J connectivity index is 1.89. The van der Waals surface area contributed by atoms with Crippen LogP contribution in [0.4, 0.5) is 0 Å². The molecule has 1 saturated carbocycles. The van der Waals surface area contributed by atoms with Crippen LogP contribution in [0.5, 0.6) is 0 Å². The summed E-state index contributed by atoms with van der Waals surface area (Å²) in [6, 6.07) is 10.2. The summed E-state index contributed by atoms with van der Waals surface area (Å²) in [6.07, 6.45) is 5.22. The average Bonchev–Trinajstić information content (AvgIpc) is 2.46. The summed E-state index contributed by atoms with van der Waals surface area (Å²) >= 11 is 1.86. The van der Waals surface area contributed by atoms with Gasteiger partial charge < -0.3 is 5.11 Å². The van der Waals surface area contributed by atoms with E-state index >= 15 is 0 Å². The van der Waals surface area contributed by atoms with E-state index in [1.54, 1.807) is 0 Å². The van der Waals surface area contributed by atoms with Gasteiger partial charge >= 0.3 is 0 Å². The van der Waals surface area contributed by atoms with Gasteiger partial charge in [0.05, 0.1) is 12.1 Å². The zero-order valence-corrected chi connectivity index (χ0v) is 12.7. The molecule has 2 atom stereocenters. The molecule has 0 spiro atoms. The SMILES string of the molecule is CC1CCCC(Sc2nc3ccccc3cc2CO)C1. The molecule has 1 aromatic heterocycles. The largest absolute Gasteiger partial charge is 0.392 e. The van der Waals surface area contributed by atoms with Crippen LogP contribution in [0.3, 0.4) is 0 Å². The zero-order valence-electron chi connectivity index (χ0n) is 11.9. The van der Waals surface area contributed by atoms with Crippen LogP contribution in [-0.4, -0.2) is 15.3 Å². The maximum absolute atomic E-state index is 9.61. The molecular formula is C17H21NOS. The monoisotopic (exact) mass is 287 g/mol. The summed E-state index contributed by atoms with van der Waals surface area (Å²) in [6.45, 7) is 2.41. The van der Waals surface area contributed by atoms with E-state index in [-0.39, 0.29) is 6.61 Å². The Hall–Kier alpha value is -1.06. The van der Waals surface area contributed by atoms with Gasteiger partial charge in [-0.15, -0.1) is 11.8 Å². The molecular weight excluding hydrogens is 266 g/mol. The molecule has 0 radical (unpaired) electrons. The summed E-state index contributed by atoms with van der Waals surface area (Å²) in [7, 11) is 0. The van der Waals surface area contributed by atoms with E-state index < -0.39 is 0 Å². The van der Waals surface area contributed by atoms with Crippen LogP contribution < -0.4 is 0 Å². The maximum atomic E-state index is 9.61. The Labute approximate surface area is 124 Å². The molecule has 2 aromatic rings. The number of rotatable bonds is 3. The summed E-state index contributed by atoms with van der Waals surface area (Å²) in [5.41, 5.74) is 1.99. The van der Waals surface area contributed by atoms with Crippen molar-refractivity contribution in [3.05, 3.63) is 35.9 Å². The first-order valence-corrected chi connectivity index (χ1v) is 8.30. The summed E-state index contributed by atoms with van der Waals surface area (Å²) in [5.74, 6) is 0.819. The van der Waals surface area contributed by atoms with E-state index in [9.17, 15) is 5.11 Å². The third-order valence-electron chi connectivity index (χ3n) is 4.10. The topological polar surface area (TPSA) is 33.1 Å². The summed E-state index contributed by atoms with van der Waals surface area (Å²) in [5, 5.41) is 12.4. The highest BCUT2D eigenvalue weighted by molar-refractivity contribution is 7.99. The minimum absolute atomic E-state index is 0.0719. The Morgan fingerprint density at radius 3 is 2.95 bits per heavy atom. The molecule has 20 heavy (non-hydrogen) atoms. The van der Waals surface area contributed by atoms with Gasteiger partial charge in [0.2, 0.25) is 0 Å². The third-order valence-corrected chi connectivity index (χ3v) is 5.44. The first-order valence-electron chi connectivity index (χ1n) is 7.42. The second kappa shape index (κ2) is 6.15. The first-order chi connectivity index (χ1) is 9.76. The molecule has 0 amide bonds. The third kappa shape index (κ3) is 2.99. The molecule has 1 N–H and O–H groups in total. The van der Waals surface area contributed by atoms with Crippen molar-refractivity contribution in [1.82, 2.24) is 4.98 Å². The number of hydrogen-bond donors (Lipinski definition) is 1. The number of nitrogens with zero attached hydrogens (tertiary/aromatic N) is 1. The van der Waals surface area contributed by atoms with Crippen LogP contribution in [-0.2, 0) is 6.61 Å². The van der Waals surface area contributed by atoms with Gasteiger partial charge in [0, 0.05) is 16.2 Å². The highest BCUT2D eigenvalue weighted by atomic mass is 32.2. The van der Waals surface area contributed by atoms with Crippen molar-refractivity contribution in [1.29, 1.82) is 0 Å². The van der Waals surface area contributed by atoms with Gasteiger partial charge in [0.1, 0.15) is 5.03 Å². The van der Waals surface area contributed by atoms with Gasteiger partial charge in [-0.25, -0.2) is 4.98 Å². The smallest absolute Gasteiger partial charge is 0.103 e. The maximum Gasteiger partial charge on any atom is 0.103 e. The number of para-hydroxylation sites is 1. The number of fused-ring (bicyclic) bond motifs is 1. The number of benzene rings is 1. The number of hydrogen-bond acceptors (Lipinski definition) is 3. The number of aromatic nitrogens is 1. The molecule has 0 saturated heterocycles. The van der Waals surface area contributed by atoms with Gasteiger partial charge in [0.25, 0.3) is 0 Å². The van der Waals surface area contributed by atoms with Gasteiger partial charge in [-0.1, -0.05) is 38.0 Å². The molecule has 1 heterocycles. The van der Waals surface area contributed by atoms with Crippen LogP contribution in [0.15, 0.2) is 35.4 Å². The highest BCUT2D eigenvalue weighted by Gasteiger charge is 2.21. The summed E-state index contributed by atoms with van der Waals surface area (Å²) in [4.78, 5) is 4.77. The lowest BCUT2D eigenvalue weighted by molar-refractivity contribution is 0.278. The minimum Gasteiger partial charge on any atom is -0.392 e. The van der Waals surface area contributed by atoms with Crippen LogP contribution in [0.25, 0.3) is 10.9 Å². The predicted octanol–water partition coefficient (Wildman–Crippen LogP) is 4.40. The van der Waals surface area contributed by atoms with Crippen molar-refractivity contribution < 1.29 is 5.11 Å². The number of thioether (sulfide) groups is 1.